The van der Waals surface area contributed by atoms with E-state index in [-0.39, 0.29) is 0 Å². The molecule has 3 rings (SSSR count). The molecule has 3 atom stereocenters. The summed E-state index contributed by atoms with van der Waals surface area (Å²) in [6, 6.07) is 6.36. The molecular formula is C11H14N2O. The van der Waals surface area contributed by atoms with E-state index >= 15 is 0 Å². The summed E-state index contributed by atoms with van der Waals surface area (Å²) in [5, 5.41) is 3.47. The van der Waals surface area contributed by atoms with Crippen molar-refractivity contribution in [2.45, 2.75) is 25.0 Å². The van der Waals surface area contributed by atoms with Gasteiger partial charge in [0, 0.05) is 30.8 Å². The van der Waals surface area contributed by atoms with Gasteiger partial charge in [-0.05, 0) is 18.9 Å². The third-order valence-corrected chi connectivity index (χ3v) is 3.25. The van der Waals surface area contributed by atoms with Crippen molar-refractivity contribution in [1.82, 2.24) is 10.3 Å². The number of fused-ring (bicyclic) bond motifs is 2. The van der Waals surface area contributed by atoms with E-state index in [4.69, 9.17) is 4.74 Å². The Morgan fingerprint density at radius 1 is 1.36 bits per heavy atom. The fourth-order valence-electron chi connectivity index (χ4n) is 2.52. The summed E-state index contributed by atoms with van der Waals surface area (Å²) in [5.41, 5.74) is 0. The Morgan fingerprint density at radius 3 is 2.93 bits per heavy atom. The van der Waals surface area contributed by atoms with Gasteiger partial charge in [0.25, 0.3) is 0 Å². The van der Waals surface area contributed by atoms with E-state index in [0.29, 0.717) is 18.1 Å². The van der Waals surface area contributed by atoms with Crippen LogP contribution < -0.4 is 10.1 Å². The molecule has 0 radical (unpaired) electrons. The Bertz CT molecular complexity index is 294. The zero-order chi connectivity index (χ0) is 9.38. The average molecular weight is 190 g/mol. The largest absolute Gasteiger partial charge is 0.472 e. The number of nitrogens with zero attached hydrogens (tertiary/aromatic N) is 1. The van der Waals surface area contributed by atoms with E-state index in [0.717, 1.165) is 12.4 Å². The zero-order valence-electron chi connectivity index (χ0n) is 8.02. The van der Waals surface area contributed by atoms with Crippen molar-refractivity contribution in [2.75, 3.05) is 6.54 Å². The molecule has 2 fully saturated rings. The molecule has 74 valence electrons. The molecule has 3 heteroatoms. The van der Waals surface area contributed by atoms with Gasteiger partial charge in [-0.1, -0.05) is 6.07 Å². The van der Waals surface area contributed by atoms with Crippen LogP contribution in [-0.2, 0) is 0 Å². The number of nitrogens with one attached hydrogen (secondary N) is 1. The van der Waals surface area contributed by atoms with Crippen LogP contribution in [0, 0.1) is 5.92 Å². The van der Waals surface area contributed by atoms with Gasteiger partial charge in [0.05, 0.1) is 0 Å². The van der Waals surface area contributed by atoms with Crippen LogP contribution in [0.4, 0.5) is 0 Å². The van der Waals surface area contributed by atoms with Gasteiger partial charge >= 0.3 is 0 Å². The van der Waals surface area contributed by atoms with Crippen molar-refractivity contribution in [3.8, 4) is 5.88 Å². The summed E-state index contributed by atoms with van der Waals surface area (Å²) in [6.07, 6.45) is 4.68. The summed E-state index contributed by atoms with van der Waals surface area (Å²) < 4.78 is 5.89. The van der Waals surface area contributed by atoms with Crippen molar-refractivity contribution in [3.63, 3.8) is 0 Å². The van der Waals surface area contributed by atoms with Crippen LogP contribution in [0.1, 0.15) is 12.8 Å². The molecule has 1 saturated heterocycles. The molecule has 2 bridgehead atoms. The molecule has 2 heterocycles. The SMILES string of the molecule is c1ccc(O[C@@H]2[C@H]3CC[C@H]2NC3)nc1. The van der Waals surface area contributed by atoms with E-state index in [1.807, 2.05) is 18.2 Å². The topological polar surface area (TPSA) is 34.1 Å². The standard InChI is InChI=1S/C11H14N2O/c1-2-6-12-10(3-1)14-11-8-4-5-9(11)13-7-8/h1-3,6,8-9,11,13H,4-5,7H2/t8-,9+,11+/m0/s1. The van der Waals surface area contributed by atoms with Crippen LogP contribution in [-0.4, -0.2) is 23.7 Å². The number of rotatable bonds is 2. The minimum Gasteiger partial charge on any atom is -0.472 e. The maximum Gasteiger partial charge on any atom is 0.213 e. The normalized spacial score (nSPS) is 34.7. The van der Waals surface area contributed by atoms with Crippen molar-refractivity contribution in [2.24, 2.45) is 5.92 Å². The maximum absolute atomic E-state index is 5.89. The molecule has 1 aromatic heterocycles. The van der Waals surface area contributed by atoms with Crippen LogP contribution >= 0.6 is 0 Å². The fourth-order valence-corrected chi connectivity index (χ4v) is 2.52. The second kappa shape index (κ2) is 3.24. The highest BCUT2D eigenvalue weighted by atomic mass is 16.5. The van der Waals surface area contributed by atoms with Crippen LogP contribution in [0.2, 0.25) is 0 Å². The van der Waals surface area contributed by atoms with Gasteiger partial charge in [-0.25, -0.2) is 4.98 Å². The number of hydrogen-bond donors (Lipinski definition) is 1. The maximum atomic E-state index is 5.89. The number of hydrogen-bond acceptors (Lipinski definition) is 3. The first kappa shape index (κ1) is 8.24. The highest BCUT2D eigenvalue weighted by Gasteiger charge is 2.43. The minimum atomic E-state index is 0.352. The van der Waals surface area contributed by atoms with Crippen LogP contribution in [0.15, 0.2) is 24.4 Å². The Morgan fingerprint density at radius 2 is 2.36 bits per heavy atom. The Labute approximate surface area is 83.5 Å². The van der Waals surface area contributed by atoms with E-state index in [9.17, 15) is 0 Å². The summed E-state index contributed by atoms with van der Waals surface area (Å²) in [4.78, 5) is 4.19. The highest BCUT2D eigenvalue weighted by Crippen LogP contribution is 2.33. The van der Waals surface area contributed by atoms with E-state index < -0.39 is 0 Å². The molecule has 14 heavy (non-hydrogen) atoms. The molecule has 3 nitrogen and oxygen atoms in total. The Balaban J connectivity index is 1.74. The molecule has 0 unspecified atom stereocenters. The third kappa shape index (κ3) is 1.28. The monoisotopic (exact) mass is 190 g/mol. The van der Waals surface area contributed by atoms with Gasteiger partial charge < -0.3 is 10.1 Å². The van der Waals surface area contributed by atoms with Crippen LogP contribution in [0.5, 0.6) is 5.88 Å². The minimum absolute atomic E-state index is 0.352. The van der Waals surface area contributed by atoms with Gasteiger partial charge in [-0.2, -0.15) is 0 Å². The van der Waals surface area contributed by atoms with Crippen molar-refractivity contribution < 1.29 is 4.74 Å². The van der Waals surface area contributed by atoms with Crippen LogP contribution in [0.3, 0.4) is 0 Å². The molecule has 1 aliphatic carbocycles. The molecule has 0 aromatic carbocycles. The summed E-state index contributed by atoms with van der Waals surface area (Å²) >= 11 is 0. The molecule has 1 N–H and O–H groups in total. The predicted molar refractivity (Wildman–Crippen MR) is 53.2 cm³/mol. The first-order valence-corrected chi connectivity index (χ1v) is 5.24. The summed E-state index contributed by atoms with van der Waals surface area (Å²) in [7, 11) is 0. The van der Waals surface area contributed by atoms with Gasteiger partial charge in [-0.3, -0.25) is 0 Å². The lowest BCUT2D eigenvalue weighted by Gasteiger charge is -2.16. The molecular weight excluding hydrogens is 176 g/mol. The highest BCUT2D eigenvalue weighted by molar-refractivity contribution is 5.12. The number of aromatic nitrogens is 1. The number of ether oxygens (including phenoxy) is 1. The Hall–Kier alpha value is -1.09. The lowest BCUT2D eigenvalue weighted by atomic mass is 10.1. The third-order valence-electron chi connectivity index (χ3n) is 3.25. The molecule has 1 aromatic rings. The van der Waals surface area contributed by atoms with E-state index in [1.165, 1.54) is 12.8 Å². The lowest BCUT2D eigenvalue weighted by Crippen LogP contribution is -2.31. The predicted octanol–water partition coefficient (Wildman–Crippen LogP) is 1.21. The van der Waals surface area contributed by atoms with Crippen molar-refractivity contribution in [1.29, 1.82) is 0 Å². The molecule has 1 aliphatic heterocycles. The van der Waals surface area contributed by atoms with E-state index in [2.05, 4.69) is 10.3 Å². The van der Waals surface area contributed by atoms with Crippen molar-refractivity contribution in [3.05, 3.63) is 24.4 Å². The Kier molecular flexibility index (Phi) is 1.91. The van der Waals surface area contributed by atoms with Crippen LogP contribution in [0.25, 0.3) is 0 Å². The summed E-state index contributed by atoms with van der Waals surface area (Å²) in [6.45, 7) is 1.11. The van der Waals surface area contributed by atoms with Gasteiger partial charge in [-0.15, -0.1) is 0 Å². The first-order chi connectivity index (χ1) is 6.93. The lowest BCUT2D eigenvalue weighted by molar-refractivity contribution is 0.169. The van der Waals surface area contributed by atoms with Gasteiger partial charge in [0.15, 0.2) is 0 Å². The zero-order valence-corrected chi connectivity index (χ0v) is 8.02. The summed E-state index contributed by atoms with van der Waals surface area (Å²) in [5.74, 6) is 1.46. The molecule has 1 saturated carbocycles. The number of pyridine rings is 1. The quantitative estimate of drug-likeness (QED) is 0.761. The van der Waals surface area contributed by atoms with Gasteiger partial charge in [0.2, 0.25) is 5.88 Å². The molecule has 2 aliphatic rings. The average Bonchev–Trinajstić information content (AvgIpc) is 2.80. The second-order valence-electron chi connectivity index (χ2n) is 4.10. The molecule has 0 amide bonds. The smallest absolute Gasteiger partial charge is 0.213 e. The second-order valence-corrected chi connectivity index (χ2v) is 4.10. The van der Waals surface area contributed by atoms with Crippen molar-refractivity contribution >= 4 is 0 Å². The fraction of sp³-hybridized carbons (Fsp3) is 0.545. The molecule has 0 spiro atoms. The van der Waals surface area contributed by atoms with E-state index in [1.54, 1.807) is 6.20 Å². The number of piperidine rings is 1. The first-order valence-electron chi connectivity index (χ1n) is 5.24. The van der Waals surface area contributed by atoms with Gasteiger partial charge in [0.1, 0.15) is 6.10 Å².